The highest BCUT2D eigenvalue weighted by Crippen LogP contribution is 2.41. The minimum atomic E-state index is -0.0477. The van der Waals surface area contributed by atoms with E-state index in [0.717, 1.165) is 25.0 Å². The van der Waals surface area contributed by atoms with Gasteiger partial charge in [-0.1, -0.05) is 68.2 Å². The Morgan fingerprint density at radius 3 is 2.37 bits per heavy atom. The molecule has 2 aliphatic carbocycles. The van der Waals surface area contributed by atoms with Gasteiger partial charge in [0, 0.05) is 27.1 Å². The molecule has 0 saturated heterocycles. The van der Waals surface area contributed by atoms with Crippen molar-refractivity contribution in [2.45, 2.75) is 66.2 Å². The first-order valence-electron chi connectivity index (χ1n) is 12.9. The van der Waals surface area contributed by atoms with Crippen molar-refractivity contribution in [2.24, 2.45) is 0 Å². The van der Waals surface area contributed by atoms with E-state index in [0.29, 0.717) is 0 Å². The van der Waals surface area contributed by atoms with Crippen LogP contribution in [-0.2, 0) is 5.41 Å². The van der Waals surface area contributed by atoms with Gasteiger partial charge in [-0.25, -0.2) is 0 Å². The molecule has 0 N–H and O–H groups in total. The molecular formula is C34H39N. The van der Waals surface area contributed by atoms with E-state index in [9.17, 15) is 0 Å². The van der Waals surface area contributed by atoms with Crippen LogP contribution in [0.1, 0.15) is 66.4 Å². The molecule has 1 aromatic carbocycles. The quantitative estimate of drug-likeness (QED) is 0.397. The van der Waals surface area contributed by atoms with Crippen molar-refractivity contribution in [2.75, 3.05) is 0 Å². The van der Waals surface area contributed by atoms with Crippen LogP contribution in [0.2, 0.25) is 0 Å². The average molecular weight is 462 g/mol. The number of hydrogen-bond donors (Lipinski definition) is 0. The zero-order valence-corrected chi connectivity index (χ0v) is 22.3. The molecule has 1 aromatic heterocycles. The summed E-state index contributed by atoms with van der Waals surface area (Å²) in [5.41, 5.74) is 9.29. The molecular weight excluding hydrogens is 422 g/mol. The standard InChI is InChI=1S/C34H39N/c1-8-14-27(15-9-2)35-32(11-4)28(10-3)30-22-26(18-19-33(30)35)34(7)21-20-25(6)31(23-34)29-17-13-12-16-24(29)5/h8-11,14-20,22-23H,1,12-13,21H2,2-7H3/b15-9-,27-14+,28-10-,32-11+. The molecule has 0 aliphatic heterocycles. The van der Waals surface area contributed by atoms with Crippen LogP contribution in [0, 0.1) is 0 Å². The lowest BCUT2D eigenvalue weighted by atomic mass is 9.71. The second-order valence-electron chi connectivity index (χ2n) is 9.92. The minimum absolute atomic E-state index is 0.0477. The highest BCUT2D eigenvalue weighted by Gasteiger charge is 2.29. The maximum atomic E-state index is 3.95. The minimum Gasteiger partial charge on any atom is -0.310 e. The second kappa shape index (κ2) is 10.1. The monoisotopic (exact) mass is 461 g/mol. The third-order valence-corrected chi connectivity index (χ3v) is 7.55. The molecule has 1 nitrogen and oxygen atoms in total. The van der Waals surface area contributed by atoms with Crippen molar-refractivity contribution >= 4 is 28.8 Å². The van der Waals surface area contributed by atoms with E-state index in [-0.39, 0.29) is 5.41 Å². The summed E-state index contributed by atoms with van der Waals surface area (Å²) in [5, 5.41) is 3.81. The van der Waals surface area contributed by atoms with Crippen molar-refractivity contribution in [1.29, 1.82) is 0 Å². The summed E-state index contributed by atoms with van der Waals surface area (Å²) in [6.45, 7) is 17.2. The summed E-state index contributed by atoms with van der Waals surface area (Å²) >= 11 is 0. The fourth-order valence-electron chi connectivity index (χ4n) is 5.63. The summed E-state index contributed by atoms with van der Waals surface area (Å²) < 4.78 is 2.35. The predicted molar refractivity (Wildman–Crippen MR) is 156 cm³/mol. The Balaban J connectivity index is 1.94. The Hall–Kier alpha value is -3.32. The zero-order chi connectivity index (χ0) is 25.2. The molecule has 0 amide bonds. The first-order chi connectivity index (χ1) is 16.9. The van der Waals surface area contributed by atoms with E-state index in [1.807, 2.05) is 6.08 Å². The van der Waals surface area contributed by atoms with Gasteiger partial charge in [-0.3, -0.25) is 0 Å². The van der Waals surface area contributed by atoms with E-state index >= 15 is 0 Å². The van der Waals surface area contributed by atoms with Crippen molar-refractivity contribution in [3.05, 3.63) is 112 Å². The number of benzene rings is 1. The van der Waals surface area contributed by atoms with Crippen LogP contribution >= 0.6 is 0 Å². The van der Waals surface area contributed by atoms with Gasteiger partial charge in [0.25, 0.3) is 0 Å². The smallest absolute Gasteiger partial charge is 0.0541 e. The molecule has 2 aliphatic rings. The molecule has 1 heteroatoms. The van der Waals surface area contributed by atoms with Crippen LogP contribution in [0.25, 0.3) is 28.8 Å². The van der Waals surface area contributed by atoms with Gasteiger partial charge in [0.15, 0.2) is 0 Å². The first-order valence-corrected chi connectivity index (χ1v) is 12.9. The fraction of sp³-hybridized carbons (Fsp3) is 0.294. The first kappa shape index (κ1) is 24.8. The topological polar surface area (TPSA) is 4.93 Å². The van der Waals surface area contributed by atoms with Gasteiger partial charge < -0.3 is 4.57 Å². The zero-order valence-electron chi connectivity index (χ0n) is 22.3. The number of rotatable bonds is 5. The summed E-state index contributed by atoms with van der Waals surface area (Å²) in [6, 6.07) is 7.06. The molecule has 0 radical (unpaired) electrons. The van der Waals surface area contributed by atoms with E-state index in [1.54, 1.807) is 0 Å². The SMILES string of the molecule is C=C/C=C(\C=C/C)n1c(=C/C)/c(=C\C)c2cc(C3(C)C=C(C4=CCCC=C4C)C(C)=CC3)ccc21. The molecule has 4 rings (SSSR count). The molecule has 1 heterocycles. The lowest BCUT2D eigenvalue weighted by Crippen LogP contribution is -2.28. The van der Waals surface area contributed by atoms with E-state index in [1.165, 1.54) is 49.3 Å². The Morgan fingerprint density at radius 1 is 0.971 bits per heavy atom. The number of allylic oxidation sites excluding steroid dienone is 13. The number of fused-ring (bicyclic) bond motifs is 1. The van der Waals surface area contributed by atoms with Crippen LogP contribution in [-0.4, -0.2) is 4.57 Å². The normalized spacial score (nSPS) is 22.4. The molecule has 1 unspecified atom stereocenters. The van der Waals surface area contributed by atoms with Crippen LogP contribution in [0.3, 0.4) is 0 Å². The average Bonchev–Trinajstić information content (AvgIpc) is 3.18. The molecule has 0 saturated carbocycles. The van der Waals surface area contributed by atoms with Crippen molar-refractivity contribution in [1.82, 2.24) is 4.57 Å². The molecule has 35 heavy (non-hydrogen) atoms. The summed E-state index contributed by atoms with van der Waals surface area (Å²) in [6.07, 6.45) is 25.7. The summed E-state index contributed by atoms with van der Waals surface area (Å²) in [7, 11) is 0. The van der Waals surface area contributed by atoms with E-state index in [2.05, 4.69) is 126 Å². The number of hydrogen-bond acceptors (Lipinski definition) is 0. The van der Waals surface area contributed by atoms with Gasteiger partial charge in [-0.15, -0.1) is 0 Å². The highest BCUT2D eigenvalue weighted by atomic mass is 15.0. The molecule has 0 fully saturated rings. The van der Waals surface area contributed by atoms with Gasteiger partial charge in [0.2, 0.25) is 0 Å². The lowest BCUT2D eigenvalue weighted by molar-refractivity contribution is 0.592. The molecule has 0 bridgehead atoms. The second-order valence-corrected chi connectivity index (χ2v) is 9.92. The molecule has 180 valence electrons. The van der Waals surface area contributed by atoms with Gasteiger partial charge in [-0.05, 0) is 106 Å². The van der Waals surface area contributed by atoms with E-state index in [4.69, 9.17) is 0 Å². The molecule has 2 aromatic rings. The summed E-state index contributed by atoms with van der Waals surface area (Å²) in [4.78, 5) is 0. The fourth-order valence-corrected chi connectivity index (χ4v) is 5.63. The van der Waals surface area contributed by atoms with Crippen LogP contribution in [0.4, 0.5) is 0 Å². The van der Waals surface area contributed by atoms with Gasteiger partial charge in [0.1, 0.15) is 0 Å². The number of nitrogens with zero attached hydrogens (tertiary/aromatic N) is 1. The third-order valence-electron chi connectivity index (χ3n) is 7.55. The van der Waals surface area contributed by atoms with Crippen molar-refractivity contribution in [3.63, 3.8) is 0 Å². The molecule has 1 atom stereocenters. The Kier molecular flexibility index (Phi) is 7.17. The van der Waals surface area contributed by atoms with Crippen LogP contribution in [0.15, 0.2) is 95.7 Å². The number of aromatic nitrogens is 1. The maximum absolute atomic E-state index is 3.95. The largest absolute Gasteiger partial charge is 0.310 e. The van der Waals surface area contributed by atoms with E-state index < -0.39 is 0 Å². The Bertz CT molecular complexity index is 1470. The Morgan fingerprint density at radius 2 is 1.71 bits per heavy atom. The van der Waals surface area contributed by atoms with Crippen LogP contribution < -0.4 is 10.6 Å². The van der Waals surface area contributed by atoms with Gasteiger partial charge in [-0.2, -0.15) is 0 Å². The Labute approximate surface area is 211 Å². The molecule has 0 spiro atoms. The van der Waals surface area contributed by atoms with Crippen LogP contribution in [0.5, 0.6) is 0 Å². The predicted octanol–water partition coefficient (Wildman–Crippen LogP) is 8.05. The van der Waals surface area contributed by atoms with Gasteiger partial charge >= 0.3 is 0 Å². The van der Waals surface area contributed by atoms with Crippen molar-refractivity contribution < 1.29 is 0 Å². The van der Waals surface area contributed by atoms with Gasteiger partial charge in [0.05, 0.1) is 5.52 Å². The van der Waals surface area contributed by atoms with Crippen molar-refractivity contribution in [3.8, 4) is 0 Å². The maximum Gasteiger partial charge on any atom is 0.0541 e. The lowest BCUT2D eigenvalue weighted by Gasteiger charge is -2.32. The highest BCUT2D eigenvalue weighted by molar-refractivity contribution is 5.87. The third kappa shape index (κ3) is 4.41. The summed E-state index contributed by atoms with van der Waals surface area (Å²) in [5.74, 6) is 0.